The highest BCUT2D eigenvalue weighted by Crippen LogP contribution is 2.24. The van der Waals surface area contributed by atoms with E-state index < -0.39 is 11.8 Å². The van der Waals surface area contributed by atoms with Crippen LogP contribution in [-0.4, -0.2) is 31.9 Å². The van der Waals surface area contributed by atoms with Gasteiger partial charge in [-0.15, -0.1) is 0 Å². The fraction of sp³-hybridized carbons (Fsp3) is 0.500. The maximum Gasteiger partial charge on any atom is 0.342 e. The van der Waals surface area contributed by atoms with E-state index in [0.29, 0.717) is 6.61 Å². The second-order valence-electron chi connectivity index (χ2n) is 4.28. The second kappa shape index (κ2) is 6.52. The lowest BCUT2D eigenvalue weighted by Crippen LogP contribution is -2.18. The summed E-state index contributed by atoms with van der Waals surface area (Å²) >= 11 is 0. The van der Waals surface area contributed by atoms with Crippen LogP contribution in [0.2, 0.25) is 0 Å². The summed E-state index contributed by atoms with van der Waals surface area (Å²) in [7, 11) is 0. The number of rotatable bonds is 5. The number of benzene rings is 1. The van der Waals surface area contributed by atoms with Crippen molar-refractivity contribution in [2.24, 2.45) is 0 Å². The summed E-state index contributed by atoms with van der Waals surface area (Å²) in [6.45, 7) is 2.91. The minimum atomic E-state index is -0.585. The average Bonchev–Trinajstić information content (AvgIpc) is 2.92. The number of esters is 1. The van der Waals surface area contributed by atoms with E-state index in [2.05, 4.69) is 0 Å². The molecule has 1 heterocycles. The molecule has 0 spiro atoms. The minimum absolute atomic E-state index is 0.0481. The van der Waals surface area contributed by atoms with Crippen LogP contribution < -0.4 is 4.74 Å². The predicted molar refractivity (Wildman–Crippen MR) is 66.8 cm³/mol. The first-order chi connectivity index (χ1) is 9.22. The van der Waals surface area contributed by atoms with Gasteiger partial charge in [0, 0.05) is 6.61 Å². The van der Waals surface area contributed by atoms with Crippen molar-refractivity contribution in [2.45, 2.75) is 25.9 Å². The van der Waals surface area contributed by atoms with Gasteiger partial charge in [0.05, 0.1) is 12.7 Å². The first kappa shape index (κ1) is 13.8. The zero-order chi connectivity index (χ0) is 13.7. The smallest absolute Gasteiger partial charge is 0.342 e. The van der Waals surface area contributed by atoms with Crippen molar-refractivity contribution in [3.63, 3.8) is 0 Å². The standard InChI is InChI=1S/C14H17FO4/c1-2-17-13-11(6-3-7-12(13)15)14(16)19-9-10-5-4-8-18-10/h3,6-7,10H,2,4-5,8-9H2,1H3/t10-/m1/s1. The van der Waals surface area contributed by atoms with E-state index in [9.17, 15) is 9.18 Å². The van der Waals surface area contributed by atoms with Crippen LogP contribution in [0.3, 0.4) is 0 Å². The van der Waals surface area contributed by atoms with Gasteiger partial charge in [-0.1, -0.05) is 6.07 Å². The molecule has 19 heavy (non-hydrogen) atoms. The third-order valence-electron chi connectivity index (χ3n) is 2.90. The first-order valence-electron chi connectivity index (χ1n) is 6.42. The summed E-state index contributed by atoms with van der Waals surface area (Å²) in [5, 5.41) is 0. The Balaban J connectivity index is 2.03. The maximum atomic E-state index is 13.6. The molecule has 5 heteroatoms. The lowest BCUT2D eigenvalue weighted by molar-refractivity contribution is 0.0158. The fourth-order valence-corrected chi connectivity index (χ4v) is 1.98. The molecule has 0 radical (unpaired) electrons. The van der Waals surface area contributed by atoms with Crippen molar-refractivity contribution in [3.05, 3.63) is 29.6 Å². The van der Waals surface area contributed by atoms with Crippen LogP contribution >= 0.6 is 0 Å². The van der Waals surface area contributed by atoms with E-state index in [4.69, 9.17) is 14.2 Å². The van der Waals surface area contributed by atoms with Crippen molar-refractivity contribution < 1.29 is 23.4 Å². The Morgan fingerprint density at radius 1 is 1.53 bits per heavy atom. The van der Waals surface area contributed by atoms with Crippen LogP contribution in [0, 0.1) is 5.82 Å². The molecule has 0 bridgehead atoms. The van der Waals surface area contributed by atoms with Crippen molar-refractivity contribution in [3.8, 4) is 5.75 Å². The van der Waals surface area contributed by atoms with Gasteiger partial charge >= 0.3 is 5.97 Å². The van der Waals surface area contributed by atoms with Crippen molar-refractivity contribution in [2.75, 3.05) is 19.8 Å². The number of carbonyl (C=O) groups is 1. The molecule has 1 aliphatic rings. The molecular formula is C14H17FO4. The van der Waals surface area contributed by atoms with Gasteiger partial charge in [-0.25, -0.2) is 9.18 Å². The third kappa shape index (κ3) is 3.44. The van der Waals surface area contributed by atoms with Crippen LogP contribution in [0.1, 0.15) is 30.1 Å². The fourth-order valence-electron chi connectivity index (χ4n) is 1.98. The lowest BCUT2D eigenvalue weighted by atomic mass is 10.2. The van der Waals surface area contributed by atoms with E-state index in [-0.39, 0.29) is 30.6 Å². The number of hydrogen-bond acceptors (Lipinski definition) is 4. The van der Waals surface area contributed by atoms with Crippen LogP contribution in [0.4, 0.5) is 4.39 Å². The Bertz CT molecular complexity index is 441. The average molecular weight is 268 g/mol. The number of halogens is 1. The third-order valence-corrected chi connectivity index (χ3v) is 2.90. The van der Waals surface area contributed by atoms with Gasteiger partial charge in [-0.05, 0) is 31.9 Å². The molecule has 104 valence electrons. The van der Waals surface area contributed by atoms with Gasteiger partial charge in [0.15, 0.2) is 11.6 Å². The van der Waals surface area contributed by atoms with Crippen LogP contribution in [0.15, 0.2) is 18.2 Å². The van der Waals surface area contributed by atoms with Gasteiger partial charge in [0.25, 0.3) is 0 Å². The number of carbonyl (C=O) groups excluding carboxylic acids is 1. The highest BCUT2D eigenvalue weighted by Gasteiger charge is 2.21. The Labute approximate surface area is 111 Å². The van der Waals surface area contributed by atoms with E-state index >= 15 is 0 Å². The van der Waals surface area contributed by atoms with Gasteiger partial charge in [0.1, 0.15) is 12.2 Å². The molecule has 1 aliphatic heterocycles. The molecule has 1 fully saturated rings. The van der Waals surface area contributed by atoms with Crippen LogP contribution in [-0.2, 0) is 9.47 Å². The normalized spacial score (nSPS) is 18.3. The lowest BCUT2D eigenvalue weighted by Gasteiger charge is -2.13. The predicted octanol–water partition coefficient (Wildman–Crippen LogP) is 2.56. The molecule has 1 saturated heterocycles. The molecule has 0 amide bonds. The number of hydrogen-bond donors (Lipinski definition) is 0. The highest BCUT2D eigenvalue weighted by atomic mass is 19.1. The van der Waals surface area contributed by atoms with Crippen molar-refractivity contribution in [1.29, 1.82) is 0 Å². The van der Waals surface area contributed by atoms with E-state index in [0.717, 1.165) is 12.8 Å². The second-order valence-corrected chi connectivity index (χ2v) is 4.28. The molecule has 0 aromatic heterocycles. The van der Waals surface area contributed by atoms with E-state index in [1.165, 1.54) is 18.2 Å². The monoisotopic (exact) mass is 268 g/mol. The number of para-hydroxylation sites is 1. The van der Waals surface area contributed by atoms with Gasteiger partial charge in [0.2, 0.25) is 0 Å². The Morgan fingerprint density at radius 3 is 3.05 bits per heavy atom. The summed E-state index contributed by atoms with van der Waals surface area (Å²) in [6, 6.07) is 4.20. The number of ether oxygens (including phenoxy) is 3. The first-order valence-corrected chi connectivity index (χ1v) is 6.42. The summed E-state index contributed by atoms with van der Waals surface area (Å²) in [4.78, 5) is 11.9. The molecule has 1 aromatic rings. The largest absolute Gasteiger partial charge is 0.490 e. The quantitative estimate of drug-likeness (QED) is 0.770. The van der Waals surface area contributed by atoms with E-state index in [1.54, 1.807) is 6.92 Å². The molecule has 0 N–H and O–H groups in total. The SMILES string of the molecule is CCOc1c(F)cccc1C(=O)OC[C@H]1CCCO1. The Hall–Kier alpha value is -1.62. The summed E-state index contributed by atoms with van der Waals surface area (Å²) in [6.07, 6.45) is 1.81. The maximum absolute atomic E-state index is 13.6. The molecule has 2 rings (SSSR count). The van der Waals surface area contributed by atoms with Gasteiger partial charge in [-0.2, -0.15) is 0 Å². The van der Waals surface area contributed by atoms with Crippen molar-refractivity contribution >= 4 is 5.97 Å². The summed E-state index contributed by atoms with van der Waals surface area (Å²) < 4.78 is 29.2. The Morgan fingerprint density at radius 2 is 2.37 bits per heavy atom. The molecule has 1 atom stereocenters. The van der Waals surface area contributed by atoms with Gasteiger partial charge in [-0.3, -0.25) is 0 Å². The Kier molecular flexibility index (Phi) is 4.74. The molecule has 4 nitrogen and oxygen atoms in total. The summed E-state index contributed by atoms with van der Waals surface area (Å²) in [5.41, 5.74) is 0.111. The highest BCUT2D eigenvalue weighted by molar-refractivity contribution is 5.92. The molecule has 1 aromatic carbocycles. The van der Waals surface area contributed by atoms with Crippen LogP contribution in [0.5, 0.6) is 5.75 Å². The topological polar surface area (TPSA) is 44.8 Å². The zero-order valence-corrected chi connectivity index (χ0v) is 10.9. The van der Waals surface area contributed by atoms with Crippen molar-refractivity contribution in [1.82, 2.24) is 0 Å². The molecule has 0 aliphatic carbocycles. The summed E-state index contributed by atoms with van der Waals surface area (Å²) in [5.74, 6) is -1.20. The van der Waals surface area contributed by atoms with E-state index in [1.807, 2.05) is 0 Å². The minimum Gasteiger partial charge on any atom is -0.490 e. The van der Waals surface area contributed by atoms with Gasteiger partial charge < -0.3 is 14.2 Å². The molecule has 0 unspecified atom stereocenters. The van der Waals surface area contributed by atoms with Crippen LogP contribution in [0.25, 0.3) is 0 Å². The molecule has 0 saturated carbocycles. The zero-order valence-electron chi connectivity index (χ0n) is 10.9. The molecular weight excluding hydrogens is 251 g/mol.